The fourth-order valence-corrected chi connectivity index (χ4v) is 4.30. The van der Waals surface area contributed by atoms with E-state index in [1.165, 1.54) is 6.92 Å². The highest BCUT2D eigenvalue weighted by molar-refractivity contribution is 7.91. The van der Waals surface area contributed by atoms with Crippen molar-refractivity contribution in [3.8, 4) is 0 Å². The van der Waals surface area contributed by atoms with E-state index < -0.39 is 9.84 Å². The molecule has 0 aromatic heterocycles. The summed E-state index contributed by atoms with van der Waals surface area (Å²) in [5.41, 5.74) is -0.251. The molecule has 0 aromatic carbocycles. The second-order valence-corrected chi connectivity index (χ2v) is 8.57. The second kappa shape index (κ2) is 6.22. The summed E-state index contributed by atoms with van der Waals surface area (Å²) in [6.07, 6.45) is 2.19. The van der Waals surface area contributed by atoms with Gasteiger partial charge in [0.1, 0.15) is 9.84 Å². The van der Waals surface area contributed by atoms with Crippen molar-refractivity contribution >= 4 is 15.7 Å². The third-order valence-corrected chi connectivity index (χ3v) is 5.12. The van der Waals surface area contributed by atoms with E-state index in [4.69, 9.17) is 0 Å². The molecule has 112 valence electrons. The standard InChI is InChI=1S/C13H26N2O3S/c1-10(9-13(3,4)15-11(2)16)14-12-5-7-19(17,18)8-6-12/h10,12,14H,5-9H2,1-4H3,(H,15,16). The number of nitrogens with one attached hydrogen (secondary N) is 2. The van der Waals surface area contributed by atoms with Crippen molar-refractivity contribution in [2.24, 2.45) is 0 Å². The lowest BCUT2D eigenvalue weighted by molar-refractivity contribution is -0.120. The Labute approximate surface area is 116 Å². The lowest BCUT2D eigenvalue weighted by atomic mass is 9.95. The van der Waals surface area contributed by atoms with Crippen molar-refractivity contribution in [3.63, 3.8) is 0 Å². The molecule has 5 nitrogen and oxygen atoms in total. The molecule has 1 rings (SSSR count). The summed E-state index contributed by atoms with van der Waals surface area (Å²) in [5.74, 6) is 0.542. The summed E-state index contributed by atoms with van der Waals surface area (Å²) in [6, 6.07) is 0.513. The molecule has 1 amide bonds. The third kappa shape index (κ3) is 6.38. The summed E-state index contributed by atoms with van der Waals surface area (Å²) < 4.78 is 22.7. The van der Waals surface area contributed by atoms with Gasteiger partial charge in [-0.2, -0.15) is 0 Å². The second-order valence-electron chi connectivity index (χ2n) is 6.26. The molecule has 1 aliphatic rings. The fourth-order valence-electron chi connectivity index (χ4n) is 2.81. The van der Waals surface area contributed by atoms with Crippen LogP contribution < -0.4 is 10.6 Å². The zero-order chi connectivity index (χ0) is 14.7. The van der Waals surface area contributed by atoms with Crippen molar-refractivity contribution in [1.82, 2.24) is 10.6 Å². The van der Waals surface area contributed by atoms with E-state index >= 15 is 0 Å². The van der Waals surface area contributed by atoms with Crippen molar-refractivity contribution in [2.45, 2.75) is 64.6 Å². The maximum Gasteiger partial charge on any atom is 0.217 e. The molecule has 1 fully saturated rings. The molecule has 0 radical (unpaired) electrons. The highest BCUT2D eigenvalue weighted by Gasteiger charge is 2.27. The van der Waals surface area contributed by atoms with Gasteiger partial charge >= 0.3 is 0 Å². The van der Waals surface area contributed by atoms with Crippen LogP contribution in [0, 0.1) is 0 Å². The number of hydrogen-bond acceptors (Lipinski definition) is 4. The van der Waals surface area contributed by atoms with E-state index in [-0.39, 0.29) is 35.0 Å². The number of carbonyl (C=O) groups is 1. The minimum atomic E-state index is -2.80. The number of carbonyl (C=O) groups excluding carboxylic acids is 1. The highest BCUT2D eigenvalue weighted by atomic mass is 32.2. The lowest BCUT2D eigenvalue weighted by Gasteiger charge is -2.32. The molecule has 2 N–H and O–H groups in total. The van der Waals surface area contributed by atoms with Gasteiger partial charge in [-0.15, -0.1) is 0 Å². The van der Waals surface area contributed by atoms with E-state index in [0.29, 0.717) is 12.8 Å². The minimum Gasteiger partial charge on any atom is -0.351 e. The Morgan fingerprint density at radius 3 is 2.32 bits per heavy atom. The van der Waals surface area contributed by atoms with Crippen LogP contribution in [0.4, 0.5) is 0 Å². The Kier molecular flexibility index (Phi) is 5.38. The van der Waals surface area contributed by atoms with Crippen molar-refractivity contribution in [3.05, 3.63) is 0 Å². The maximum absolute atomic E-state index is 11.4. The van der Waals surface area contributed by atoms with Crippen LogP contribution in [0.2, 0.25) is 0 Å². The van der Waals surface area contributed by atoms with Gasteiger partial charge in [-0.25, -0.2) is 8.42 Å². The summed E-state index contributed by atoms with van der Waals surface area (Å²) in [7, 11) is -2.80. The van der Waals surface area contributed by atoms with Gasteiger partial charge < -0.3 is 10.6 Å². The van der Waals surface area contributed by atoms with Crippen LogP contribution in [-0.4, -0.2) is 43.5 Å². The van der Waals surface area contributed by atoms with E-state index in [2.05, 4.69) is 17.6 Å². The first-order valence-corrected chi connectivity index (χ1v) is 8.67. The Morgan fingerprint density at radius 2 is 1.84 bits per heavy atom. The van der Waals surface area contributed by atoms with Crippen LogP contribution in [-0.2, 0) is 14.6 Å². The Hall–Kier alpha value is -0.620. The van der Waals surface area contributed by atoms with Gasteiger partial charge in [0.2, 0.25) is 5.91 Å². The number of rotatable bonds is 5. The van der Waals surface area contributed by atoms with Gasteiger partial charge in [0.05, 0.1) is 11.5 Å². The van der Waals surface area contributed by atoms with Crippen LogP contribution in [0.5, 0.6) is 0 Å². The molecule has 0 aliphatic carbocycles. The highest BCUT2D eigenvalue weighted by Crippen LogP contribution is 2.16. The predicted molar refractivity (Wildman–Crippen MR) is 76.8 cm³/mol. The van der Waals surface area contributed by atoms with Gasteiger partial charge in [0.15, 0.2) is 0 Å². The fraction of sp³-hybridized carbons (Fsp3) is 0.923. The van der Waals surface area contributed by atoms with E-state index in [1.54, 1.807) is 0 Å². The third-order valence-electron chi connectivity index (χ3n) is 3.41. The first-order valence-electron chi connectivity index (χ1n) is 6.85. The molecule has 1 saturated heterocycles. The molecular formula is C13H26N2O3S. The molecule has 0 bridgehead atoms. The Morgan fingerprint density at radius 1 is 1.32 bits per heavy atom. The van der Waals surface area contributed by atoms with Gasteiger partial charge in [-0.05, 0) is 40.0 Å². The van der Waals surface area contributed by atoms with E-state index in [1.807, 2.05) is 13.8 Å². The van der Waals surface area contributed by atoms with Crippen LogP contribution in [0.1, 0.15) is 47.0 Å². The zero-order valence-corrected chi connectivity index (χ0v) is 13.1. The molecule has 1 aliphatic heterocycles. The monoisotopic (exact) mass is 290 g/mol. The predicted octanol–water partition coefficient (Wildman–Crippen LogP) is 0.847. The van der Waals surface area contributed by atoms with E-state index in [9.17, 15) is 13.2 Å². The smallest absolute Gasteiger partial charge is 0.217 e. The molecule has 6 heteroatoms. The topological polar surface area (TPSA) is 75.3 Å². The Balaban J connectivity index is 2.39. The van der Waals surface area contributed by atoms with Gasteiger partial charge in [0.25, 0.3) is 0 Å². The molecular weight excluding hydrogens is 264 g/mol. The van der Waals surface area contributed by atoms with Crippen molar-refractivity contribution < 1.29 is 13.2 Å². The summed E-state index contributed by atoms with van der Waals surface area (Å²) in [6.45, 7) is 7.59. The Bertz CT molecular complexity index is 404. The number of sulfone groups is 1. The maximum atomic E-state index is 11.4. The van der Waals surface area contributed by atoms with Crippen molar-refractivity contribution in [2.75, 3.05) is 11.5 Å². The molecule has 0 spiro atoms. The van der Waals surface area contributed by atoms with Crippen LogP contribution >= 0.6 is 0 Å². The number of hydrogen-bond donors (Lipinski definition) is 2. The first-order chi connectivity index (χ1) is 8.60. The molecule has 1 unspecified atom stereocenters. The molecule has 1 atom stereocenters. The van der Waals surface area contributed by atoms with Crippen LogP contribution in [0.25, 0.3) is 0 Å². The lowest BCUT2D eigenvalue weighted by Crippen LogP contribution is -2.49. The van der Waals surface area contributed by atoms with Crippen molar-refractivity contribution in [1.29, 1.82) is 0 Å². The van der Waals surface area contributed by atoms with Crippen LogP contribution in [0.3, 0.4) is 0 Å². The zero-order valence-electron chi connectivity index (χ0n) is 12.3. The summed E-state index contributed by atoms with van der Waals surface area (Å²) in [4.78, 5) is 11.1. The summed E-state index contributed by atoms with van der Waals surface area (Å²) in [5, 5.41) is 6.40. The molecule has 19 heavy (non-hydrogen) atoms. The molecule has 1 heterocycles. The largest absolute Gasteiger partial charge is 0.351 e. The van der Waals surface area contributed by atoms with E-state index in [0.717, 1.165) is 6.42 Å². The minimum absolute atomic E-state index is 0.0269. The van der Waals surface area contributed by atoms with Gasteiger partial charge in [-0.1, -0.05) is 0 Å². The average molecular weight is 290 g/mol. The van der Waals surface area contributed by atoms with Crippen LogP contribution in [0.15, 0.2) is 0 Å². The quantitative estimate of drug-likeness (QED) is 0.787. The molecule has 0 aromatic rings. The average Bonchev–Trinajstić information content (AvgIpc) is 2.18. The molecule has 0 saturated carbocycles. The number of amides is 1. The normalized spacial score (nSPS) is 21.9. The van der Waals surface area contributed by atoms with Gasteiger partial charge in [0, 0.05) is 24.5 Å². The summed E-state index contributed by atoms with van der Waals surface area (Å²) >= 11 is 0. The van der Waals surface area contributed by atoms with Gasteiger partial charge in [-0.3, -0.25) is 4.79 Å². The SMILES string of the molecule is CC(=O)NC(C)(C)CC(C)NC1CCS(=O)(=O)CC1. The first kappa shape index (κ1) is 16.4.